The van der Waals surface area contributed by atoms with E-state index < -0.39 is 0 Å². The number of rotatable bonds is 9. The van der Waals surface area contributed by atoms with Crippen molar-refractivity contribution in [2.24, 2.45) is 0 Å². The number of benzene rings is 2. The summed E-state index contributed by atoms with van der Waals surface area (Å²) in [7, 11) is 5.86. The van der Waals surface area contributed by atoms with Crippen LogP contribution in [0.25, 0.3) is 11.1 Å². The molecule has 0 atom stereocenters. The van der Waals surface area contributed by atoms with Crippen molar-refractivity contribution in [2.75, 3.05) is 59.0 Å². The molecule has 2 aromatic carbocycles. The average molecular weight is 508 g/mol. The van der Waals surface area contributed by atoms with E-state index in [1.54, 1.807) is 0 Å². The Bertz CT molecular complexity index is 1020. The largest absolute Gasteiger partial charge is 0.465 e. The third-order valence-electron chi connectivity index (χ3n) is 8.19. The van der Waals surface area contributed by atoms with Crippen molar-refractivity contribution in [2.45, 2.75) is 64.6 Å². The first-order valence-electron chi connectivity index (χ1n) is 14.0. The van der Waals surface area contributed by atoms with Gasteiger partial charge in [0.15, 0.2) is 0 Å². The van der Waals surface area contributed by atoms with Crippen LogP contribution < -0.4 is 4.90 Å². The minimum Gasteiger partial charge on any atom is -0.465 e. The van der Waals surface area contributed by atoms with Crippen LogP contribution in [0.5, 0.6) is 0 Å². The molecule has 1 heterocycles. The molecule has 6 nitrogen and oxygen atoms in total. The van der Waals surface area contributed by atoms with Gasteiger partial charge in [-0.2, -0.15) is 0 Å². The van der Waals surface area contributed by atoms with E-state index in [4.69, 9.17) is 9.47 Å². The van der Waals surface area contributed by atoms with Crippen molar-refractivity contribution in [3.8, 4) is 11.1 Å². The molecule has 0 radical (unpaired) electrons. The molecule has 0 bridgehead atoms. The van der Waals surface area contributed by atoms with E-state index >= 15 is 0 Å². The Morgan fingerprint density at radius 1 is 1.00 bits per heavy atom. The van der Waals surface area contributed by atoms with Gasteiger partial charge in [-0.25, -0.2) is 4.79 Å². The number of morpholine rings is 1. The second kappa shape index (κ2) is 12.9. The topological polar surface area (TPSA) is 45.3 Å². The lowest BCUT2D eigenvalue weighted by molar-refractivity contribution is 0.0342. The van der Waals surface area contributed by atoms with Crippen molar-refractivity contribution in [3.63, 3.8) is 0 Å². The van der Waals surface area contributed by atoms with E-state index in [0.29, 0.717) is 17.6 Å². The summed E-state index contributed by atoms with van der Waals surface area (Å²) in [6, 6.07) is 14.3. The summed E-state index contributed by atoms with van der Waals surface area (Å²) in [5, 5.41) is 0. The zero-order valence-corrected chi connectivity index (χ0v) is 23.5. The predicted molar refractivity (Wildman–Crippen MR) is 151 cm³/mol. The molecule has 0 unspecified atom stereocenters. The Balaban J connectivity index is 1.64. The highest BCUT2D eigenvalue weighted by atomic mass is 16.5. The molecule has 37 heavy (non-hydrogen) atoms. The van der Waals surface area contributed by atoms with E-state index in [1.165, 1.54) is 44.0 Å². The lowest BCUT2D eigenvalue weighted by atomic mass is 9.88. The van der Waals surface area contributed by atoms with Gasteiger partial charge in [0.05, 0.1) is 25.9 Å². The lowest BCUT2D eigenvalue weighted by Gasteiger charge is -2.41. The van der Waals surface area contributed by atoms with Gasteiger partial charge in [0.2, 0.25) is 0 Å². The molecule has 202 valence electrons. The highest BCUT2D eigenvalue weighted by Crippen LogP contribution is 2.36. The van der Waals surface area contributed by atoms with Crippen LogP contribution >= 0.6 is 0 Å². The summed E-state index contributed by atoms with van der Waals surface area (Å²) in [4.78, 5) is 20.2. The first-order chi connectivity index (χ1) is 17.9. The molecule has 0 spiro atoms. The van der Waals surface area contributed by atoms with E-state index in [-0.39, 0.29) is 5.97 Å². The molecule has 1 saturated heterocycles. The van der Waals surface area contributed by atoms with Gasteiger partial charge in [0, 0.05) is 44.0 Å². The molecule has 2 aromatic rings. The zero-order valence-electron chi connectivity index (χ0n) is 23.5. The van der Waals surface area contributed by atoms with E-state index in [2.05, 4.69) is 73.0 Å². The summed E-state index contributed by atoms with van der Waals surface area (Å²) in [5.74, 6) is -0.266. The quantitative estimate of drug-likeness (QED) is 0.425. The summed E-state index contributed by atoms with van der Waals surface area (Å²) >= 11 is 0. The number of esters is 1. The normalized spacial score (nSPS) is 20.7. The van der Waals surface area contributed by atoms with Crippen LogP contribution in [0.1, 0.15) is 60.5 Å². The third-order valence-corrected chi connectivity index (χ3v) is 8.19. The Morgan fingerprint density at radius 2 is 1.65 bits per heavy atom. The van der Waals surface area contributed by atoms with E-state index in [9.17, 15) is 4.79 Å². The first-order valence-corrected chi connectivity index (χ1v) is 14.0. The van der Waals surface area contributed by atoms with Gasteiger partial charge >= 0.3 is 5.97 Å². The number of carbonyl (C=O) groups is 1. The average Bonchev–Trinajstić information content (AvgIpc) is 2.93. The summed E-state index contributed by atoms with van der Waals surface area (Å²) in [6.07, 6.45) is 5.85. The van der Waals surface area contributed by atoms with Gasteiger partial charge in [-0.1, -0.05) is 31.2 Å². The molecule has 0 N–H and O–H groups in total. The van der Waals surface area contributed by atoms with Gasteiger partial charge < -0.3 is 19.3 Å². The monoisotopic (exact) mass is 507 g/mol. The van der Waals surface area contributed by atoms with Crippen molar-refractivity contribution in [3.05, 3.63) is 53.1 Å². The highest BCUT2D eigenvalue weighted by Gasteiger charge is 2.29. The summed E-state index contributed by atoms with van der Waals surface area (Å²) < 4.78 is 10.7. The standard InChI is InChI=1S/C31H45N3O3/c1-6-15-34(28-13-11-27(12-14-28)32(3)4)30-21-26(20-29(23(30)2)31(35)36-5)25-9-7-24(8-10-25)22-33-16-18-37-19-17-33/h7-10,20-21,27-28H,6,11-19,22H2,1-5H3/t27-,28-. The lowest BCUT2D eigenvalue weighted by Crippen LogP contribution is -2.43. The van der Waals surface area contributed by atoms with Crippen molar-refractivity contribution in [1.82, 2.24) is 9.80 Å². The van der Waals surface area contributed by atoms with Gasteiger partial charge in [-0.15, -0.1) is 0 Å². The molecule has 0 amide bonds. The van der Waals surface area contributed by atoms with Gasteiger partial charge in [-0.3, -0.25) is 4.90 Å². The number of methoxy groups -OCH3 is 1. The molecule has 0 aromatic heterocycles. The molecule has 2 fully saturated rings. The van der Waals surface area contributed by atoms with Crippen molar-refractivity contribution >= 4 is 11.7 Å². The minimum absolute atomic E-state index is 0.266. The number of nitrogens with zero attached hydrogens (tertiary/aromatic N) is 3. The van der Waals surface area contributed by atoms with Crippen LogP contribution in [0.4, 0.5) is 5.69 Å². The van der Waals surface area contributed by atoms with E-state index in [0.717, 1.165) is 62.5 Å². The number of anilines is 1. The second-order valence-electron chi connectivity index (χ2n) is 10.9. The number of hydrogen-bond acceptors (Lipinski definition) is 6. The molecule has 1 aliphatic heterocycles. The Hall–Kier alpha value is -2.41. The first kappa shape index (κ1) is 27.6. The van der Waals surface area contributed by atoms with Crippen molar-refractivity contribution in [1.29, 1.82) is 0 Å². The third kappa shape index (κ3) is 6.73. The summed E-state index contributed by atoms with van der Waals surface area (Å²) in [6.45, 7) is 9.83. The Kier molecular flexibility index (Phi) is 9.63. The van der Waals surface area contributed by atoms with Crippen LogP contribution in [0.2, 0.25) is 0 Å². The molecule has 1 saturated carbocycles. The maximum absolute atomic E-state index is 12.9. The van der Waals surface area contributed by atoms with Crippen LogP contribution in [0.3, 0.4) is 0 Å². The minimum atomic E-state index is -0.266. The fraction of sp³-hybridized carbons (Fsp3) is 0.581. The maximum Gasteiger partial charge on any atom is 0.338 e. The number of carbonyl (C=O) groups excluding carboxylic acids is 1. The van der Waals surface area contributed by atoms with Crippen LogP contribution in [-0.4, -0.2) is 81.9 Å². The number of hydrogen-bond donors (Lipinski definition) is 0. The molecular formula is C31H45N3O3. The smallest absolute Gasteiger partial charge is 0.338 e. The maximum atomic E-state index is 12.9. The highest BCUT2D eigenvalue weighted by molar-refractivity contribution is 5.95. The molecule has 4 rings (SSSR count). The second-order valence-corrected chi connectivity index (χ2v) is 10.9. The van der Waals surface area contributed by atoms with Crippen LogP contribution in [-0.2, 0) is 16.0 Å². The van der Waals surface area contributed by atoms with Gasteiger partial charge in [0.25, 0.3) is 0 Å². The Labute approximate surface area is 223 Å². The fourth-order valence-corrected chi connectivity index (χ4v) is 5.93. The molecule has 1 aliphatic carbocycles. The molecule has 6 heteroatoms. The van der Waals surface area contributed by atoms with Gasteiger partial charge in [-0.05, 0) is 87.5 Å². The van der Waals surface area contributed by atoms with Gasteiger partial charge in [0.1, 0.15) is 0 Å². The molecule has 2 aliphatic rings. The Morgan fingerprint density at radius 3 is 2.24 bits per heavy atom. The van der Waals surface area contributed by atoms with Crippen molar-refractivity contribution < 1.29 is 14.3 Å². The fourth-order valence-electron chi connectivity index (χ4n) is 5.93. The van der Waals surface area contributed by atoms with Crippen LogP contribution in [0, 0.1) is 6.92 Å². The number of ether oxygens (including phenoxy) is 2. The SMILES string of the molecule is CCCN(c1cc(-c2ccc(CN3CCOCC3)cc2)cc(C(=O)OC)c1C)[C@H]1CC[C@H](N(C)C)CC1. The van der Waals surface area contributed by atoms with Crippen LogP contribution in [0.15, 0.2) is 36.4 Å². The molecular weight excluding hydrogens is 462 g/mol. The van der Waals surface area contributed by atoms with E-state index in [1.807, 2.05) is 6.07 Å². The zero-order chi connectivity index (χ0) is 26.4. The summed E-state index contributed by atoms with van der Waals surface area (Å²) in [5.41, 5.74) is 6.35. The predicted octanol–water partition coefficient (Wildman–Crippen LogP) is 5.37.